The van der Waals surface area contributed by atoms with Gasteiger partial charge in [-0.15, -0.1) is 0 Å². The molecule has 3 nitrogen and oxygen atoms in total. The van der Waals surface area contributed by atoms with Gasteiger partial charge in [-0.1, -0.05) is 31.5 Å². The van der Waals surface area contributed by atoms with Crippen molar-refractivity contribution in [2.24, 2.45) is 0 Å². The minimum Gasteiger partial charge on any atom is -0.496 e. The van der Waals surface area contributed by atoms with Crippen LogP contribution in [0.15, 0.2) is 18.5 Å². The van der Waals surface area contributed by atoms with E-state index in [1.807, 2.05) is 6.07 Å². The summed E-state index contributed by atoms with van der Waals surface area (Å²) in [6.45, 7) is 8.29. The number of nitrogens with zero attached hydrogens (tertiary/aromatic N) is 2. The summed E-state index contributed by atoms with van der Waals surface area (Å²) in [6.07, 6.45) is 1.50. The van der Waals surface area contributed by atoms with Crippen molar-refractivity contribution in [3.05, 3.63) is 40.3 Å². The highest BCUT2D eigenvalue weighted by Crippen LogP contribution is 2.38. The molecule has 0 saturated heterocycles. The molecule has 4 heteroatoms. The van der Waals surface area contributed by atoms with Crippen LogP contribution in [0, 0.1) is 13.8 Å². The van der Waals surface area contributed by atoms with E-state index in [0.717, 1.165) is 28.1 Å². The van der Waals surface area contributed by atoms with Gasteiger partial charge >= 0.3 is 0 Å². The molecule has 0 aliphatic carbocycles. The van der Waals surface area contributed by atoms with Crippen LogP contribution < -0.4 is 4.74 Å². The number of hydrogen-bond acceptors (Lipinski definition) is 3. The Bertz CT molecular complexity index is 639. The summed E-state index contributed by atoms with van der Waals surface area (Å²) in [4.78, 5) is 8.53. The third kappa shape index (κ3) is 2.50. The Morgan fingerprint density at radius 1 is 1.15 bits per heavy atom. The predicted octanol–water partition coefficient (Wildman–Crippen LogP) is 4.55. The number of hydrogen-bond donors (Lipinski definition) is 0. The van der Waals surface area contributed by atoms with Crippen LogP contribution in [0.5, 0.6) is 5.75 Å². The molecule has 0 aliphatic rings. The van der Waals surface area contributed by atoms with Crippen LogP contribution in [0.1, 0.15) is 36.5 Å². The van der Waals surface area contributed by atoms with E-state index in [1.54, 1.807) is 7.11 Å². The summed E-state index contributed by atoms with van der Waals surface area (Å²) < 4.78 is 5.58. The quantitative estimate of drug-likeness (QED) is 0.778. The van der Waals surface area contributed by atoms with Crippen LogP contribution >= 0.6 is 11.6 Å². The summed E-state index contributed by atoms with van der Waals surface area (Å²) in [7, 11) is 1.68. The second-order valence-electron chi connectivity index (χ2n) is 5.17. The van der Waals surface area contributed by atoms with Gasteiger partial charge in [0.05, 0.1) is 12.8 Å². The minimum atomic E-state index is 0.241. The average molecular weight is 291 g/mol. The lowest BCUT2D eigenvalue weighted by molar-refractivity contribution is 0.412. The van der Waals surface area contributed by atoms with Crippen LogP contribution in [0.25, 0.3) is 11.3 Å². The lowest BCUT2D eigenvalue weighted by Crippen LogP contribution is -2.02. The van der Waals surface area contributed by atoms with Crippen molar-refractivity contribution in [1.29, 1.82) is 0 Å². The molecule has 0 aliphatic heterocycles. The van der Waals surface area contributed by atoms with Crippen molar-refractivity contribution >= 4 is 11.6 Å². The van der Waals surface area contributed by atoms with Gasteiger partial charge in [-0.3, -0.25) is 0 Å². The van der Waals surface area contributed by atoms with E-state index in [-0.39, 0.29) is 5.92 Å². The number of ether oxygens (including phenoxy) is 1. The van der Waals surface area contributed by atoms with Gasteiger partial charge in [-0.2, -0.15) is 0 Å². The smallest absolute Gasteiger partial charge is 0.136 e. The molecule has 0 unspecified atom stereocenters. The molecule has 106 valence electrons. The average Bonchev–Trinajstić information content (AvgIpc) is 2.41. The second-order valence-corrected chi connectivity index (χ2v) is 5.53. The first-order chi connectivity index (χ1) is 9.47. The van der Waals surface area contributed by atoms with Gasteiger partial charge in [0.15, 0.2) is 0 Å². The maximum Gasteiger partial charge on any atom is 0.136 e. The maximum absolute atomic E-state index is 6.25. The van der Waals surface area contributed by atoms with Crippen LogP contribution in [-0.4, -0.2) is 17.1 Å². The molecule has 0 fully saturated rings. The first-order valence-corrected chi connectivity index (χ1v) is 7.00. The number of benzene rings is 1. The van der Waals surface area contributed by atoms with Crippen molar-refractivity contribution in [3.63, 3.8) is 0 Å². The Balaban J connectivity index is 2.76. The summed E-state index contributed by atoms with van der Waals surface area (Å²) >= 11 is 6.25. The number of rotatable bonds is 3. The fourth-order valence-electron chi connectivity index (χ4n) is 2.34. The first kappa shape index (κ1) is 14.8. The van der Waals surface area contributed by atoms with Gasteiger partial charge in [-0.05, 0) is 37.0 Å². The maximum atomic E-state index is 6.25. The third-order valence-corrected chi connectivity index (χ3v) is 3.85. The molecule has 2 rings (SSSR count). The number of methoxy groups -OCH3 is 1. The van der Waals surface area contributed by atoms with E-state index >= 15 is 0 Å². The van der Waals surface area contributed by atoms with Gasteiger partial charge in [0, 0.05) is 11.1 Å². The van der Waals surface area contributed by atoms with Crippen LogP contribution in [-0.2, 0) is 0 Å². The van der Waals surface area contributed by atoms with Gasteiger partial charge in [0.1, 0.15) is 17.2 Å². The molecule has 0 amide bonds. The molecule has 0 bridgehead atoms. The highest BCUT2D eigenvalue weighted by molar-refractivity contribution is 6.30. The summed E-state index contributed by atoms with van der Waals surface area (Å²) in [6, 6.07) is 4.11. The summed E-state index contributed by atoms with van der Waals surface area (Å²) in [5.41, 5.74) is 5.07. The first-order valence-electron chi connectivity index (χ1n) is 6.62. The van der Waals surface area contributed by atoms with Crippen molar-refractivity contribution < 1.29 is 4.74 Å². The van der Waals surface area contributed by atoms with Gasteiger partial charge in [-0.25, -0.2) is 9.97 Å². The van der Waals surface area contributed by atoms with E-state index in [0.29, 0.717) is 5.15 Å². The molecule has 1 aromatic carbocycles. The Morgan fingerprint density at radius 2 is 1.85 bits per heavy atom. The van der Waals surface area contributed by atoms with Crippen LogP contribution in [0.3, 0.4) is 0 Å². The van der Waals surface area contributed by atoms with Crippen LogP contribution in [0.4, 0.5) is 0 Å². The molecule has 20 heavy (non-hydrogen) atoms. The number of halogens is 1. The number of aryl methyl sites for hydroxylation is 1. The Hall–Kier alpha value is -1.61. The van der Waals surface area contributed by atoms with Crippen molar-refractivity contribution in [2.75, 3.05) is 7.11 Å². The number of aromatic nitrogens is 2. The van der Waals surface area contributed by atoms with Gasteiger partial charge in [0.25, 0.3) is 0 Å². The zero-order valence-electron chi connectivity index (χ0n) is 12.5. The largest absolute Gasteiger partial charge is 0.496 e. The van der Waals surface area contributed by atoms with E-state index in [1.165, 1.54) is 11.9 Å². The fourth-order valence-corrected chi connectivity index (χ4v) is 2.69. The monoisotopic (exact) mass is 290 g/mol. The SMILES string of the molecule is COc1c(-c2ncnc(Cl)c2C(C)C)ccc(C)c1C. The minimum absolute atomic E-state index is 0.241. The molecular weight excluding hydrogens is 272 g/mol. The normalized spacial score (nSPS) is 10.9. The molecule has 0 saturated carbocycles. The zero-order valence-corrected chi connectivity index (χ0v) is 13.2. The fraction of sp³-hybridized carbons (Fsp3) is 0.375. The summed E-state index contributed by atoms with van der Waals surface area (Å²) in [5, 5.41) is 0.505. The highest BCUT2D eigenvalue weighted by Gasteiger charge is 2.19. The van der Waals surface area contributed by atoms with E-state index < -0.39 is 0 Å². The topological polar surface area (TPSA) is 35.0 Å². The van der Waals surface area contributed by atoms with Crippen molar-refractivity contribution in [1.82, 2.24) is 9.97 Å². The van der Waals surface area contributed by atoms with Crippen molar-refractivity contribution in [3.8, 4) is 17.0 Å². The lowest BCUT2D eigenvalue weighted by Gasteiger charge is -2.17. The van der Waals surface area contributed by atoms with E-state index in [2.05, 4.69) is 43.7 Å². The molecule has 0 N–H and O–H groups in total. The van der Waals surface area contributed by atoms with E-state index in [9.17, 15) is 0 Å². The highest BCUT2D eigenvalue weighted by atomic mass is 35.5. The summed E-state index contributed by atoms with van der Waals surface area (Å²) in [5.74, 6) is 1.09. The third-order valence-electron chi connectivity index (χ3n) is 3.55. The molecular formula is C16H19ClN2O. The predicted molar refractivity (Wildman–Crippen MR) is 82.6 cm³/mol. The standard InChI is InChI=1S/C16H19ClN2O/c1-9(2)13-14(18-8-19-16(13)17)12-7-6-10(3)11(4)15(12)20-5/h6-9H,1-5H3. The molecule has 1 heterocycles. The Morgan fingerprint density at radius 3 is 2.45 bits per heavy atom. The van der Waals surface area contributed by atoms with Gasteiger partial charge < -0.3 is 4.74 Å². The molecule has 2 aromatic rings. The zero-order chi connectivity index (χ0) is 14.9. The molecule has 0 spiro atoms. The Kier molecular flexibility index (Phi) is 4.29. The van der Waals surface area contributed by atoms with Gasteiger partial charge in [0.2, 0.25) is 0 Å². The Labute approximate surface area is 125 Å². The molecule has 1 aromatic heterocycles. The van der Waals surface area contributed by atoms with E-state index in [4.69, 9.17) is 16.3 Å². The van der Waals surface area contributed by atoms with Crippen molar-refractivity contribution in [2.45, 2.75) is 33.6 Å². The lowest BCUT2D eigenvalue weighted by atomic mass is 9.95. The second kappa shape index (κ2) is 5.80. The van der Waals surface area contributed by atoms with Crippen LogP contribution in [0.2, 0.25) is 5.15 Å². The molecule has 0 atom stereocenters. The molecule has 0 radical (unpaired) electrons.